The minimum Gasteiger partial charge on any atom is -0.451 e. The summed E-state index contributed by atoms with van der Waals surface area (Å²) in [5.41, 5.74) is 1.20. The molecule has 2 N–H and O–H groups in total. The lowest BCUT2D eigenvalue weighted by Crippen LogP contribution is -2.34. The van der Waals surface area contributed by atoms with Gasteiger partial charge in [0, 0.05) is 24.1 Å². The third kappa shape index (κ3) is 3.46. The van der Waals surface area contributed by atoms with Gasteiger partial charge in [-0.05, 0) is 25.0 Å². The number of nitrogens with one attached hydrogen (secondary N) is 2. The topological polar surface area (TPSA) is 80.4 Å². The van der Waals surface area contributed by atoms with E-state index in [4.69, 9.17) is 9.47 Å². The molecule has 0 spiro atoms. The molecule has 1 amide bonds. The minimum atomic E-state index is -0.538. The summed E-state index contributed by atoms with van der Waals surface area (Å²) in [4.78, 5) is 26.5. The summed E-state index contributed by atoms with van der Waals surface area (Å²) < 4.78 is 10.4. The quantitative estimate of drug-likeness (QED) is 0.823. The molecule has 2 aromatic rings. The van der Waals surface area contributed by atoms with Gasteiger partial charge in [0.1, 0.15) is 5.69 Å². The van der Waals surface area contributed by atoms with Crippen molar-refractivity contribution in [1.29, 1.82) is 0 Å². The van der Waals surface area contributed by atoms with Crippen LogP contribution >= 0.6 is 0 Å². The summed E-state index contributed by atoms with van der Waals surface area (Å²) in [6.45, 7) is 0.916. The molecule has 1 aromatic carbocycles. The van der Waals surface area contributed by atoms with E-state index in [9.17, 15) is 9.59 Å². The molecule has 0 saturated carbocycles. The van der Waals surface area contributed by atoms with Crippen LogP contribution in [0.1, 0.15) is 23.3 Å². The smallest absolute Gasteiger partial charge is 0.355 e. The Kier molecular flexibility index (Phi) is 4.39. The summed E-state index contributed by atoms with van der Waals surface area (Å²) in [5.74, 6) is -0.858. The Morgan fingerprint density at radius 3 is 3.00 bits per heavy atom. The van der Waals surface area contributed by atoms with Crippen LogP contribution in [0.4, 0.5) is 0 Å². The van der Waals surface area contributed by atoms with Gasteiger partial charge in [-0.3, -0.25) is 4.79 Å². The number of carbonyl (C=O) groups is 2. The van der Waals surface area contributed by atoms with E-state index in [0.29, 0.717) is 12.2 Å². The van der Waals surface area contributed by atoms with Crippen LogP contribution in [0, 0.1) is 0 Å². The molecule has 0 aliphatic carbocycles. The first-order chi connectivity index (χ1) is 10.7. The number of rotatable bonds is 5. The number of benzene rings is 1. The maximum Gasteiger partial charge on any atom is 0.355 e. The average molecular weight is 302 g/mol. The third-order valence-electron chi connectivity index (χ3n) is 3.64. The SMILES string of the molecule is O=C(COC(=O)c1cc2ccccc2[nH]1)NC[C@@H]1CCCO1. The van der Waals surface area contributed by atoms with Crippen molar-refractivity contribution < 1.29 is 19.1 Å². The van der Waals surface area contributed by atoms with Gasteiger partial charge >= 0.3 is 5.97 Å². The number of hydrogen-bond acceptors (Lipinski definition) is 4. The molecule has 22 heavy (non-hydrogen) atoms. The van der Waals surface area contributed by atoms with Crippen LogP contribution in [-0.2, 0) is 14.3 Å². The van der Waals surface area contributed by atoms with Gasteiger partial charge in [-0.25, -0.2) is 4.79 Å². The van der Waals surface area contributed by atoms with Crippen LogP contribution in [0.15, 0.2) is 30.3 Å². The van der Waals surface area contributed by atoms with Crippen LogP contribution in [0.2, 0.25) is 0 Å². The van der Waals surface area contributed by atoms with Crippen molar-refractivity contribution in [2.75, 3.05) is 19.8 Å². The van der Waals surface area contributed by atoms with Crippen molar-refractivity contribution in [3.05, 3.63) is 36.0 Å². The van der Waals surface area contributed by atoms with Crippen LogP contribution in [0.3, 0.4) is 0 Å². The summed E-state index contributed by atoms with van der Waals surface area (Å²) in [5, 5.41) is 3.63. The van der Waals surface area contributed by atoms with Crippen LogP contribution in [0.5, 0.6) is 0 Å². The van der Waals surface area contributed by atoms with Crippen molar-refractivity contribution >= 4 is 22.8 Å². The van der Waals surface area contributed by atoms with E-state index in [0.717, 1.165) is 30.4 Å². The predicted molar refractivity (Wildman–Crippen MR) is 80.6 cm³/mol. The summed E-state index contributed by atoms with van der Waals surface area (Å²) in [6, 6.07) is 9.26. The van der Waals surface area contributed by atoms with Gasteiger partial charge in [0.15, 0.2) is 6.61 Å². The Labute approximate surface area is 127 Å². The molecule has 1 saturated heterocycles. The number of ether oxygens (including phenoxy) is 2. The Bertz CT molecular complexity index is 641. The highest BCUT2D eigenvalue weighted by atomic mass is 16.5. The van der Waals surface area contributed by atoms with Crippen molar-refractivity contribution in [2.24, 2.45) is 0 Å². The van der Waals surface area contributed by atoms with Gasteiger partial charge in [0.2, 0.25) is 0 Å². The Morgan fingerprint density at radius 1 is 1.36 bits per heavy atom. The van der Waals surface area contributed by atoms with Crippen molar-refractivity contribution in [3.63, 3.8) is 0 Å². The molecule has 1 fully saturated rings. The first-order valence-electron chi connectivity index (χ1n) is 7.35. The van der Waals surface area contributed by atoms with Crippen LogP contribution in [0.25, 0.3) is 10.9 Å². The van der Waals surface area contributed by atoms with Crippen molar-refractivity contribution in [3.8, 4) is 0 Å². The zero-order valence-corrected chi connectivity index (χ0v) is 12.1. The third-order valence-corrected chi connectivity index (χ3v) is 3.64. The highest BCUT2D eigenvalue weighted by molar-refractivity contribution is 5.95. The summed E-state index contributed by atoms with van der Waals surface area (Å²) in [7, 11) is 0. The number of fused-ring (bicyclic) bond motifs is 1. The monoisotopic (exact) mass is 302 g/mol. The fourth-order valence-corrected chi connectivity index (χ4v) is 2.48. The molecule has 6 heteroatoms. The first kappa shape index (κ1) is 14.6. The molecule has 0 bridgehead atoms. The van der Waals surface area contributed by atoms with E-state index in [1.165, 1.54) is 0 Å². The standard InChI is InChI=1S/C16H18N2O4/c19-15(17-9-12-5-3-7-21-12)10-22-16(20)14-8-11-4-1-2-6-13(11)18-14/h1-2,4,6,8,12,18H,3,5,7,9-10H2,(H,17,19)/t12-/m0/s1. The van der Waals surface area contributed by atoms with Gasteiger partial charge in [0.05, 0.1) is 6.10 Å². The molecule has 1 atom stereocenters. The minimum absolute atomic E-state index is 0.0772. The molecular formula is C16H18N2O4. The molecule has 116 valence electrons. The van der Waals surface area contributed by atoms with E-state index in [-0.39, 0.29) is 18.6 Å². The number of H-pyrrole nitrogens is 1. The van der Waals surface area contributed by atoms with Gasteiger partial charge in [-0.15, -0.1) is 0 Å². The maximum atomic E-state index is 11.9. The number of hydrogen-bond donors (Lipinski definition) is 2. The van der Waals surface area contributed by atoms with E-state index >= 15 is 0 Å². The number of amides is 1. The average Bonchev–Trinajstić information content (AvgIpc) is 3.19. The van der Waals surface area contributed by atoms with E-state index in [1.54, 1.807) is 6.07 Å². The molecule has 0 unspecified atom stereocenters. The van der Waals surface area contributed by atoms with Crippen LogP contribution in [-0.4, -0.2) is 42.7 Å². The molecule has 1 aliphatic heterocycles. The van der Waals surface area contributed by atoms with Gasteiger partial charge in [0.25, 0.3) is 5.91 Å². The second-order valence-electron chi connectivity index (χ2n) is 5.29. The normalized spacial score (nSPS) is 17.5. The molecule has 0 radical (unpaired) electrons. The van der Waals surface area contributed by atoms with Gasteiger partial charge in [-0.2, -0.15) is 0 Å². The predicted octanol–water partition coefficient (Wildman–Crippen LogP) is 1.62. The van der Waals surface area contributed by atoms with Gasteiger partial charge in [-0.1, -0.05) is 18.2 Å². The first-order valence-corrected chi connectivity index (χ1v) is 7.35. The number of para-hydroxylation sites is 1. The largest absolute Gasteiger partial charge is 0.451 e. The lowest BCUT2D eigenvalue weighted by Gasteiger charge is -2.10. The molecule has 2 heterocycles. The van der Waals surface area contributed by atoms with Crippen molar-refractivity contribution in [2.45, 2.75) is 18.9 Å². The molecule has 1 aliphatic rings. The second-order valence-corrected chi connectivity index (χ2v) is 5.29. The van der Waals surface area contributed by atoms with E-state index < -0.39 is 5.97 Å². The molecule has 6 nitrogen and oxygen atoms in total. The number of aromatic amines is 1. The highest BCUT2D eigenvalue weighted by Gasteiger charge is 2.17. The Hall–Kier alpha value is -2.34. The van der Waals surface area contributed by atoms with Crippen molar-refractivity contribution in [1.82, 2.24) is 10.3 Å². The number of aromatic nitrogens is 1. The lowest BCUT2D eigenvalue weighted by molar-refractivity contribution is -0.124. The van der Waals surface area contributed by atoms with E-state index in [1.807, 2.05) is 24.3 Å². The van der Waals surface area contributed by atoms with Gasteiger partial charge < -0.3 is 19.8 Å². The fraction of sp³-hybridized carbons (Fsp3) is 0.375. The number of esters is 1. The summed E-state index contributed by atoms with van der Waals surface area (Å²) in [6.07, 6.45) is 2.05. The molecule has 3 rings (SSSR count). The van der Waals surface area contributed by atoms with Crippen LogP contribution < -0.4 is 5.32 Å². The zero-order valence-electron chi connectivity index (χ0n) is 12.1. The Morgan fingerprint density at radius 2 is 2.23 bits per heavy atom. The van der Waals surface area contributed by atoms with E-state index in [2.05, 4.69) is 10.3 Å². The second kappa shape index (κ2) is 6.62. The lowest BCUT2D eigenvalue weighted by atomic mass is 10.2. The maximum absolute atomic E-state index is 11.9. The Balaban J connectivity index is 1.47. The fourth-order valence-electron chi connectivity index (χ4n) is 2.48. The summed E-state index contributed by atoms with van der Waals surface area (Å²) >= 11 is 0. The molecular weight excluding hydrogens is 284 g/mol. The highest BCUT2D eigenvalue weighted by Crippen LogP contribution is 2.15. The molecule has 1 aromatic heterocycles. The number of carbonyl (C=O) groups excluding carboxylic acids is 2. The zero-order chi connectivity index (χ0) is 15.4.